The number of alkyl halides is 3. The van der Waals surface area contributed by atoms with E-state index < -0.39 is 18.3 Å². The Morgan fingerprint density at radius 3 is 2.46 bits per heavy atom. The van der Waals surface area contributed by atoms with Crippen molar-refractivity contribution in [2.75, 3.05) is 31.1 Å². The Labute approximate surface area is 163 Å². The third-order valence-corrected chi connectivity index (χ3v) is 4.94. The highest BCUT2D eigenvalue weighted by molar-refractivity contribution is 6.33. The quantitative estimate of drug-likeness (QED) is 0.754. The topological polar surface area (TPSA) is 63.4 Å². The molecular formula is C17H19ClF3N5O2. The molecule has 0 N–H and O–H groups in total. The van der Waals surface area contributed by atoms with Gasteiger partial charge in [0.15, 0.2) is 0 Å². The molecular weight excluding hydrogens is 399 g/mol. The lowest BCUT2D eigenvalue weighted by Gasteiger charge is -2.36. The summed E-state index contributed by atoms with van der Waals surface area (Å²) in [4.78, 5) is 27.8. The molecule has 0 saturated carbocycles. The summed E-state index contributed by atoms with van der Waals surface area (Å²) in [6.07, 6.45) is -1.63. The van der Waals surface area contributed by atoms with Crippen molar-refractivity contribution < 1.29 is 13.2 Å². The molecule has 1 aliphatic rings. The molecule has 3 heterocycles. The molecule has 1 aliphatic heterocycles. The van der Waals surface area contributed by atoms with Gasteiger partial charge in [-0.3, -0.25) is 14.5 Å². The standard InChI is InChI=1S/C17H19ClF3N5O2/c1-23-3-2-12(8-14(23)27)10-24-4-6-25(7-5-24)13-9-22-26(11-17(19,20)21)16(28)15(13)18/h2-3,8-9H,4-7,10-11H2,1H3. The fourth-order valence-electron chi connectivity index (χ4n) is 3.05. The number of hydrogen-bond donors (Lipinski definition) is 0. The van der Waals surface area contributed by atoms with Gasteiger partial charge >= 0.3 is 6.18 Å². The molecule has 3 rings (SSSR count). The van der Waals surface area contributed by atoms with Crippen LogP contribution in [0, 0.1) is 0 Å². The van der Waals surface area contributed by atoms with Gasteiger partial charge in [0.25, 0.3) is 11.1 Å². The molecule has 0 amide bonds. The van der Waals surface area contributed by atoms with Crippen LogP contribution < -0.4 is 16.0 Å². The Bertz CT molecular complexity index is 964. The molecule has 0 aromatic carbocycles. The molecule has 1 fully saturated rings. The summed E-state index contributed by atoms with van der Waals surface area (Å²) in [6.45, 7) is 1.51. The first-order valence-corrected chi connectivity index (χ1v) is 8.97. The first-order chi connectivity index (χ1) is 13.1. The Kier molecular flexibility index (Phi) is 5.80. The van der Waals surface area contributed by atoms with E-state index in [0.29, 0.717) is 43.1 Å². The third kappa shape index (κ3) is 4.74. The van der Waals surface area contributed by atoms with Gasteiger partial charge in [-0.25, -0.2) is 4.68 Å². The first kappa shape index (κ1) is 20.4. The third-order valence-electron chi connectivity index (χ3n) is 4.58. The van der Waals surface area contributed by atoms with Gasteiger partial charge in [-0.1, -0.05) is 11.6 Å². The summed E-state index contributed by atoms with van der Waals surface area (Å²) in [5, 5.41) is 3.35. The van der Waals surface area contributed by atoms with Crippen molar-refractivity contribution in [2.24, 2.45) is 7.05 Å². The molecule has 28 heavy (non-hydrogen) atoms. The molecule has 2 aromatic heterocycles. The van der Waals surface area contributed by atoms with Gasteiger partial charge in [-0.2, -0.15) is 18.3 Å². The van der Waals surface area contributed by atoms with Gasteiger partial charge in [0.05, 0.1) is 11.9 Å². The van der Waals surface area contributed by atoms with E-state index in [9.17, 15) is 22.8 Å². The summed E-state index contributed by atoms with van der Waals surface area (Å²) in [6, 6.07) is 3.47. The number of rotatable bonds is 4. The molecule has 152 valence electrons. The molecule has 0 atom stereocenters. The summed E-state index contributed by atoms with van der Waals surface area (Å²) in [5.41, 5.74) is 0.205. The van der Waals surface area contributed by atoms with Crippen molar-refractivity contribution >= 4 is 17.3 Å². The van der Waals surface area contributed by atoms with Crippen molar-refractivity contribution in [3.63, 3.8) is 0 Å². The normalized spacial score (nSPS) is 15.8. The number of aryl methyl sites for hydroxylation is 1. The number of nitrogens with zero attached hydrogens (tertiary/aromatic N) is 5. The Morgan fingerprint density at radius 1 is 1.18 bits per heavy atom. The van der Waals surface area contributed by atoms with E-state index in [4.69, 9.17) is 11.6 Å². The number of halogens is 4. The van der Waals surface area contributed by atoms with Crippen LogP contribution in [-0.4, -0.2) is 51.6 Å². The van der Waals surface area contributed by atoms with Crippen LogP contribution >= 0.6 is 11.6 Å². The number of pyridine rings is 1. The second-order valence-corrected chi connectivity index (χ2v) is 7.05. The van der Waals surface area contributed by atoms with Crippen molar-refractivity contribution in [3.8, 4) is 0 Å². The monoisotopic (exact) mass is 417 g/mol. The molecule has 0 aliphatic carbocycles. The number of hydrogen-bond acceptors (Lipinski definition) is 5. The maximum absolute atomic E-state index is 12.5. The van der Waals surface area contributed by atoms with Crippen LogP contribution in [0.5, 0.6) is 0 Å². The Hall–Kier alpha value is -2.33. The van der Waals surface area contributed by atoms with Gasteiger partial charge in [0.2, 0.25) is 0 Å². The van der Waals surface area contributed by atoms with Crippen LogP contribution in [-0.2, 0) is 20.1 Å². The van der Waals surface area contributed by atoms with Crippen LogP contribution in [0.3, 0.4) is 0 Å². The van der Waals surface area contributed by atoms with Crippen LogP contribution in [0.25, 0.3) is 0 Å². The summed E-state index contributed by atoms with van der Waals surface area (Å²) >= 11 is 6.03. The molecule has 11 heteroatoms. The Morgan fingerprint density at radius 2 is 1.86 bits per heavy atom. The minimum atomic E-state index is -4.55. The molecule has 0 unspecified atom stereocenters. The lowest BCUT2D eigenvalue weighted by atomic mass is 10.2. The molecule has 0 radical (unpaired) electrons. The minimum Gasteiger partial charge on any atom is -0.366 e. The molecule has 2 aromatic rings. The van der Waals surface area contributed by atoms with E-state index in [-0.39, 0.29) is 10.6 Å². The van der Waals surface area contributed by atoms with Crippen LogP contribution in [0.4, 0.5) is 18.9 Å². The molecule has 0 bridgehead atoms. The first-order valence-electron chi connectivity index (χ1n) is 8.59. The smallest absolute Gasteiger partial charge is 0.366 e. The zero-order valence-corrected chi connectivity index (χ0v) is 15.9. The number of aromatic nitrogens is 3. The van der Waals surface area contributed by atoms with Gasteiger partial charge in [-0.15, -0.1) is 0 Å². The van der Waals surface area contributed by atoms with Gasteiger partial charge in [0.1, 0.15) is 11.6 Å². The van der Waals surface area contributed by atoms with Crippen LogP contribution in [0.2, 0.25) is 5.02 Å². The van der Waals surface area contributed by atoms with Gasteiger partial charge in [-0.05, 0) is 11.6 Å². The molecule has 0 spiro atoms. The minimum absolute atomic E-state index is 0.0755. The van der Waals surface area contributed by atoms with E-state index in [0.717, 1.165) is 5.56 Å². The average Bonchev–Trinajstić information content (AvgIpc) is 2.62. The fraction of sp³-hybridized carbons (Fsp3) is 0.471. The predicted octanol–water partition coefficient (Wildman–Crippen LogP) is 1.48. The van der Waals surface area contributed by atoms with E-state index >= 15 is 0 Å². The number of piperazine rings is 1. The average molecular weight is 418 g/mol. The SMILES string of the molecule is Cn1ccc(CN2CCN(c3cnn(CC(F)(F)F)c(=O)c3Cl)CC2)cc1=O. The van der Waals surface area contributed by atoms with Crippen molar-refractivity contribution in [1.29, 1.82) is 0 Å². The highest BCUT2D eigenvalue weighted by Crippen LogP contribution is 2.24. The largest absolute Gasteiger partial charge is 0.408 e. The summed E-state index contributed by atoms with van der Waals surface area (Å²) < 4.78 is 39.3. The van der Waals surface area contributed by atoms with E-state index in [1.54, 1.807) is 19.3 Å². The van der Waals surface area contributed by atoms with Crippen LogP contribution in [0.1, 0.15) is 5.56 Å². The second kappa shape index (κ2) is 7.96. The zero-order chi connectivity index (χ0) is 20.5. The highest BCUT2D eigenvalue weighted by atomic mass is 35.5. The molecule has 1 saturated heterocycles. The number of anilines is 1. The van der Waals surface area contributed by atoms with Gasteiger partial charge in [0, 0.05) is 52.0 Å². The zero-order valence-electron chi connectivity index (χ0n) is 15.1. The van der Waals surface area contributed by atoms with Crippen LogP contribution in [0.15, 0.2) is 34.1 Å². The fourth-order valence-corrected chi connectivity index (χ4v) is 3.32. The Balaban J connectivity index is 1.66. The highest BCUT2D eigenvalue weighted by Gasteiger charge is 2.30. The van der Waals surface area contributed by atoms with Crippen molar-refractivity contribution in [3.05, 3.63) is 55.8 Å². The van der Waals surface area contributed by atoms with Crippen molar-refractivity contribution in [2.45, 2.75) is 19.3 Å². The summed E-state index contributed by atoms with van der Waals surface area (Å²) in [7, 11) is 1.69. The van der Waals surface area contributed by atoms with Gasteiger partial charge < -0.3 is 9.47 Å². The lowest BCUT2D eigenvalue weighted by molar-refractivity contribution is -0.143. The second-order valence-electron chi connectivity index (χ2n) is 6.67. The van der Waals surface area contributed by atoms with Crippen molar-refractivity contribution in [1.82, 2.24) is 19.2 Å². The van der Waals surface area contributed by atoms with E-state index in [1.807, 2.05) is 11.0 Å². The maximum Gasteiger partial charge on any atom is 0.408 e. The lowest BCUT2D eigenvalue weighted by Crippen LogP contribution is -2.46. The maximum atomic E-state index is 12.5. The molecule has 7 nitrogen and oxygen atoms in total. The van der Waals surface area contributed by atoms with E-state index in [2.05, 4.69) is 10.00 Å². The van der Waals surface area contributed by atoms with E-state index in [1.165, 1.54) is 10.8 Å². The summed E-state index contributed by atoms with van der Waals surface area (Å²) in [5.74, 6) is 0. The predicted molar refractivity (Wildman–Crippen MR) is 98.7 cm³/mol.